The summed E-state index contributed by atoms with van der Waals surface area (Å²) in [6.07, 6.45) is 1.65. The first-order valence-electron chi connectivity index (χ1n) is 9.82. The molecule has 1 aromatic rings. The van der Waals surface area contributed by atoms with E-state index in [1.165, 1.54) is 0 Å². The lowest BCUT2D eigenvalue weighted by molar-refractivity contribution is -0.137. The van der Waals surface area contributed by atoms with Crippen molar-refractivity contribution in [3.05, 3.63) is 24.3 Å². The average Bonchev–Trinajstić information content (AvgIpc) is 2.66. The molecule has 27 heavy (non-hydrogen) atoms. The topological polar surface area (TPSA) is 60.0 Å². The van der Waals surface area contributed by atoms with E-state index >= 15 is 0 Å². The molecule has 6 heteroatoms. The van der Waals surface area contributed by atoms with Crippen LogP contribution in [0.1, 0.15) is 33.6 Å². The largest absolute Gasteiger partial charge is 0.494 e. The van der Waals surface area contributed by atoms with E-state index in [2.05, 4.69) is 24.1 Å². The number of hydrogen-bond donors (Lipinski definition) is 1. The van der Waals surface area contributed by atoms with E-state index in [4.69, 9.17) is 14.2 Å². The van der Waals surface area contributed by atoms with Crippen molar-refractivity contribution in [1.82, 2.24) is 4.90 Å². The standard InChI is InChI=1S/C21H34N2O4/c1-17(2)16-21(3,25-4)20(24)22-18-6-8-19(9-7-18)27-13-5-10-23-11-14-26-15-12-23/h6-9,17H,5,10-16H2,1-4H3,(H,22,24). The quantitative estimate of drug-likeness (QED) is 0.634. The second kappa shape index (κ2) is 10.6. The maximum Gasteiger partial charge on any atom is 0.256 e. The first-order valence-corrected chi connectivity index (χ1v) is 9.82. The van der Waals surface area contributed by atoms with Crippen molar-refractivity contribution in [2.45, 2.75) is 39.2 Å². The lowest BCUT2D eigenvalue weighted by Crippen LogP contribution is -2.43. The number of carbonyl (C=O) groups is 1. The van der Waals surface area contributed by atoms with Crippen LogP contribution < -0.4 is 10.1 Å². The van der Waals surface area contributed by atoms with Crippen LogP contribution in [0, 0.1) is 5.92 Å². The van der Waals surface area contributed by atoms with Gasteiger partial charge in [0.15, 0.2) is 0 Å². The molecule has 1 aromatic carbocycles. The molecule has 1 saturated heterocycles. The van der Waals surface area contributed by atoms with Crippen molar-refractivity contribution in [2.75, 3.05) is 51.9 Å². The molecule has 152 valence electrons. The van der Waals surface area contributed by atoms with E-state index in [1.807, 2.05) is 31.2 Å². The first-order chi connectivity index (χ1) is 12.9. The Kier molecular flexibility index (Phi) is 8.54. The van der Waals surface area contributed by atoms with E-state index in [9.17, 15) is 4.79 Å². The second-order valence-corrected chi connectivity index (χ2v) is 7.67. The van der Waals surface area contributed by atoms with Gasteiger partial charge in [-0.2, -0.15) is 0 Å². The van der Waals surface area contributed by atoms with Gasteiger partial charge >= 0.3 is 0 Å². The van der Waals surface area contributed by atoms with Gasteiger partial charge in [-0.3, -0.25) is 9.69 Å². The Bertz CT molecular complexity index is 570. The summed E-state index contributed by atoms with van der Waals surface area (Å²) < 4.78 is 16.6. The fraction of sp³-hybridized carbons (Fsp3) is 0.667. The molecule has 1 amide bonds. The number of methoxy groups -OCH3 is 1. The van der Waals surface area contributed by atoms with Crippen LogP contribution in [-0.4, -0.2) is 63.0 Å². The summed E-state index contributed by atoms with van der Waals surface area (Å²) in [7, 11) is 1.58. The molecule has 0 radical (unpaired) electrons. The number of benzene rings is 1. The Labute approximate surface area is 163 Å². The summed E-state index contributed by atoms with van der Waals surface area (Å²) >= 11 is 0. The van der Waals surface area contributed by atoms with Crippen LogP contribution in [0.15, 0.2) is 24.3 Å². The number of nitrogens with zero attached hydrogens (tertiary/aromatic N) is 1. The Morgan fingerprint density at radius 2 is 1.93 bits per heavy atom. The molecule has 6 nitrogen and oxygen atoms in total. The Hall–Kier alpha value is -1.63. The highest BCUT2D eigenvalue weighted by Crippen LogP contribution is 2.23. The molecular formula is C21H34N2O4. The highest BCUT2D eigenvalue weighted by molar-refractivity contribution is 5.97. The molecule has 0 aliphatic carbocycles. The summed E-state index contributed by atoms with van der Waals surface area (Å²) in [5, 5.41) is 2.94. The molecular weight excluding hydrogens is 344 g/mol. The minimum atomic E-state index is -0.831. The van der Waals surface area contributed by atoms with Crippen LogP contribution >= 0.6 is 0 Å². The maximum atomic E-state index is 12.6. The molecule has 1 aliphatic heterocycles. The molecule has 1 aliphatic rings. The predicted molar refractivity (Wildman–Crippen MR) is 107 cm³/mol. The Morgan fingerprint density at radius 3 is 2.52 bits per heavy atom. The second-order valence-electron chi connectivity index (χ2n) is 7.67. The lowest BCUT2D eigenvalue weighted by atomic mass is 9.93. The van der Waals surface area contributed by atoms with E-state index in [0.29, 0.717) is 18.9 Å². The van der Waals surface area contributed by atoms with Crippen LogP contribution in [0.2, 0.25) is 0 Å². The van der Waals surface area contributed by atoms with Gasteiger partial charge in [0.2, 0.25) is 0 Å². The van der Waals surface area contributed by atoms with Crippen molar-refractivity contribution in [3.63, 3.8) is 0 Å². The van der Waals surface area contributed by atoms with Gasteiger partial charge in [-0.05, 0) is 49.9 Å². The summed E-state index contributed by atoms with van der Waals surface area (Å²) in [5.41, 5.74) is -0.0873. The normalized spacial score (nSPS) is 17.5. The van der Waals surface area contributed by atoms with Crippen LogP contribution in [0.5, 0.6) is 5.75 Å². The summed E-state index contributed by atoms with van der Waals surface area (Å²) in [6.45, 7) is 11.4. The number of ether oxygens (including phenoxy) is 3. The van der Waals surface area contributed by atoms with Gasteiger partial charge in [0.1, 0.15) is 11.4 Å². The van der Waals surface area contributed by atoms with Crippen molar-refractivity contribution in [1.29, 1.82) is 0 Å². The molecule has 1 fully saturated rings. The molecule has 1 atom stereocenters. The molecule has 0 saturated carbocycles. The molecule has 0 aromatic heterocycles. The fourth-order valence-corrected chi connectivity index (χ4v) is 3.25. The van der Waals surface area contributed by atoms with Crippen LogP contribution in [0.25, 0.3) is 0 Å². The number of anilines is 1. The van der Waals surface area contributed by atoms with Gasteiger partial charge < -0.3 is 19.5 Å². The molecule has 1 unspecified atom stereocenters. The van der Waals surface area contributed by atoms with Gasteiger partial charge in [-0.1, -0.05) is 13.8 Å². The first kappa shape index (κ1) is 21.7. The minimum Gasteiger partial charge on any atom is -0.494 e. The van der Waals surface area contributed by atoms with Gasteiger partial charge in [0.05, 0.1) is 19.8 Å². The zero-order chi connectivity index (χ0) is 19.7. The summed E-state index contributed by atoms with van der Waals surface area (Å²) in [4.78, 5) is 15.0. The van der Waals surface area contributed by atoms with Gasteiger partial charge in [-0.15, -0.1) is 0 Å². The van der Waals surface area contributed by atoms with Crippen molar-refractivity contribution in [3.8, 4) is 5.75 Å². The third-order valence-electron chi connectivity index (χ3n) is 4.83. The van der Waals surface area contributed by atoms with E-state index in [-0.39, 0.29) is 5.91 Å². The molecule has 1 N–H and O–H groups in total. The number of amides is 1. The van der Waals surface area contributed by atoms with Gasteiger partial charge in [0.25, 0.3) is 5.91 Å². The third-order valence-corrected chi connectivity index (χ3v) is 4.83. The summed E-state index contributed by atoms with van der Waals surface area (Å²) in [6, 6.07) is 7.50. The third kappa shape index (κ3) is 7.13. The zero-order valence-electron chi connectivity index (χ0n) is 17.1. The van der Waals surface area contributed by atoms with Crippen LogP contribution in [0.4, 0.5) is 5.69 Å². The zero-order valence-corrected chi connectivity index (χ0v) is 17.1. The monoisotopic (exact) mass is 378 g/mol. The van der Waals surface area contributed by atoms with Crippen molar-refractivity contribution >= 4 is 11.6 Å². The molecule has 0 bridgehead atoms. The smallest absolute Gasteiger partial charge is 0.256 e. The van der Waals surface area contributed by atoms with Crippen molar-refractivity contribution < 1.29 is 19.0 Å². The van der Waals surface area contributed by atoms with E-state index < -0.39 is 5.60 Å². The van der Waals surface area contributed by atoms with Crippen LogP contribution in [0.3, 0.4) is 0 Å². The highest BCUT2D eigenvalue weighted by Gasteiger charge is 2.33. The Morgan fingerprint density at radius 1 is 1.26 bits per heavy atom. The van der Waals surface area contributed by atoms with Crippen LogP contribution in [-0.2, 0) is 14.3 Å². The highest BCUT2D eigenvalue weighted by atomic mass is 16.5. The number of hydrogen-bond acceptors (Lipinski definition) is 5. The number of carbonyl (C=O) groups excluding carboxylic acids is 1. The fourth-order valence-electron chi connectivity index (χ4n) is 3.25. The van der Waals surface area contributed by atoms with E-state index in [1.54, 1.807) is 7.11 Å². The maximum absolute atomic E-state index is 12.6. The van der Waals surface area contributed by atoms with Gasteiger partial charge in [-0.25, -0.2) is 0 Å². The molecule has 0 spiro atoms. The number of rotatable bonds is 10. The summed E-state index contributed by atoms with van der Waals surface area (Å²) in [5.74, 6) is 1.05. The lowest BCUT2D eigenvalue weighted by Gasteiger charge is -2.28. The number of morpholine rings is 1. The van der Waals surface area contributed by atoms with Gasteiger partial charge in [0, 0.05) is 32.4 Å². The SMILES string of the molecule is COC(C)(CC(C)C)C(=O)Nc1ccc(OCCCN2CCOCC2)cc1. The Balaban J connectivity index is 1.76. The minimum absolute atomic E-state index is 0.127. The van der Waals surface area contributed by atoms with E-state index in [0.717, 1.165) is 50.7 Å². The molecule has 1 heterocycles. The number of nitrogens with one attached hydrogen (secondary N) is 1. The average molecular weight is 379 g/mol. The molecule has 2 rings (SSSR count). The van der Waals surface area contributed by atoms with Crippen molar-refractivity contribution in [2.24, 2.45) is 5.92 Å². The predicted octanol–water partition coefficient (Wildman–Crippen LogP) is 3.18.